The van der Waals surface area contributed by atoms with Crippen LogP contribution in [-0.2, 0) is 16.6 Å². The summed E-state index contributed by atoms with van der Waals surface area (Å²) in [4.78, 5) is 12.8. The van der Waals surface area contributed by atoms with E-state index in [1.54, 1.807) is 24.3 Å². The standard InChI is InChI=1S/C27H30N2O5S/c1-18-5-11-24(15-19(18)2)29(35(4,31)32)17-21-6-8-22(9-7-21)27(30)28-20(3)23-10-12-25-26(16-23)34-14-13-33-25/h5-12,15-16,20H,13-14,17H2,1-4H3,(H,28,30). The van der Waals surface area contributed by atoms with E-state index in [9.17, 15) is 13.2 Å². The second-order valence-corrected chi connectivity index (χ2v) is 10.7. The Morgan fingerprint density at radius 1 is 0.943 bits per heavy atom. The van der Waals surface area contributed by atoms with Crippen molar-refractivity contribution in [3.8, 4) is 11.5 Å². The van der Waals surface area contributed by atoms with Crippen molar-refractivity contribution in [1.82, 2.24) is 5.32 Å². The highest BCUT2D eigenvalue weighted by Crippen LogP contribution is 2.32. The summed E-state index contributed by atoms with van der Waals surface area (Å²) >= 11 is 0. The Balaban J connectivity index is 1.45. The van der Waals surface area contributed by atoms with Gasteiger partial charge in [0.15, 0.2) is 11.5 Å². The molecule has 7 nitrogen and oxygen atoms in total. The molecule has 1 aliphatic heterocycles. The lowest BCUT2D eigenvalue weighted by Crippen LogP contribution is -2.29. The lowest BCUT2D eigenvalue weighted by Gasteiger charge is -2.23. The van der Waals surface area contributed by atoms with E-state index in [0.717, 1.165) is 22.3 Å². The number of benzene rings is 3. The molecule has 35 heavy (non-hydrogen) atoms. The van der Waals surface area contributed by atoms with Crippen molar-refractivity contribution < 1.29 is 22.7 Å². The molecule has 4 rings (SSSR count). The molecule has 0 saturated carbocycles. The van der Waals surface area contributed by atoms with Gasteiger partial charge in [0.05, 0.1) is 24.5 Å². The highest BCUT2D eigenvalue weighted by Gasteiger charge is 2.20. The van der Waals surface area contributed by atoms with Crippen LogP contribution in [0.5, 0.6) is 11.5 Å². The molecule has 1 heterocycles. The normalized spacial score (nSPS) is 13.7. The van der Waals surface area contributed by atoms with Crippen LogP contribution in [-0.4, -0.2) is 33.8 Å². The summed E-state index contributed by atoms with van der Waals surface area (Å²) in [6.45, 7) is 7.06. The fraction of sp³-hybridized carbons (Fsp3) is 0.296. The molecule has 0 bridgehead atoms. The smallest absolute Gasteiger partial charge is 0.251 e. The third-order valence-corrected chi connectivity index (χ3v) is 7.28. The number of rotatable bonds is 7. The highest BCUT2D eigenvalue weighted by atomic mass is 32.2. The van der Waals surface area contributed by atoms with E-state index in [1.807, 2.05) is 57.2 Å². The molecule has 1 N–H and O–H groups in total. The van der Waals surface area contributed by atoms with E-state index >= 15 is 0 Å². The molecule has 0 aliphatic carbocycles. The largest absolute Gasteiger partial charge is 0.486 e. The number of hydrogen-bond donors (Lipinski definition) is 1. The molecule has 8 heteroatoms. The van der Waals surface area contributed by atoms with Crippen LogP contribution in [0.1, 0.15) is 45.6 Å². The zero-order valence-electron chi connectivity index (χ0n) is 20.4. The maximum atomic E-state index is 12.8. The molecule has 1 amide bonds. The Morgan fingerprint density at radius 2 is 1.63 bits per heavy atom. The van der Waals surface area contributed by atoms with E-state index in [4.69, 9.17) is 9.47 Å². The van der Waals surface area contributed by atoms with E-state index in [2.05, 4.69) is 5.32 Å². The van der Waals surface area contributed by atoms with Crippen LogP contribution in [0.3, 0.4) is 0 Å². The van der Waals surface area contributed by atoms with Crippen molar-refractivity contribution >= 4 is 21.6 Å². The Bertz CT molecular complexity index is 1340. The number of nitrogens with one attached hydrogen (secondary N) is 1. The fourth-order valence-electron chi connectivity index (χ4n) is 3.90. The van der Waals surface area contributed by atoms with Gasteiger partial charge in [-0.05, 0) is 79.4 Å². The number of carbonyl (C=O) groups is 1. The number of hydrogen-bond acceptors (Lipinski definition) is 5. The molecule has 1 aliphatic rings. The van der Waals surface area contributed by atoms with Crippen LogP contribution in [0.2, 0.25) is 0 Å². The van der Waals surface area contributed by atoms with Gasteiger partial charge in [0, 0.05) is 5.56 Å². The van der Waals surface area contributed by atoms with E-state index in [-0.39, 0.29) is 18.5 Å². The topological polar surface area (TPSA) is 84.9 Å². The number of ether oxygens (including phenoxy) is 2. The van der Waals surface area contributed by atoms with Crippen molar-refractivity contribution in [3.05, 3.63) is 88.5 Å². The SMILES string of the molecule is Cc1ccc(N(Cc2ccc(C(=O)NC(C)c3ccc4c(c3)OCCO4)cc2)S(C)(=O)=O)cc1C. The first-order valence-corrected chi connectivity index (χ1v) is 13.3. The number of fused-ring (bicyclic) bond motifs is 1. The van der Waals surface area contributed by atoms with Crippen LogP contribution >= 0.6 is 0 Å². The van der Waals surface area contributed by atoms with Gasteiger partial charge in [0.1, 0.15) is 13.2 Å². The van der Waals surface area contributed by atoms with E-state index in [1.165, 1.54) is 10.6 Å². The average molecular weight is 495 g/mol. The molecule has 0 aromatic heterocycles. The summed E-state index contributed by atoms with van der Waals surface area (Å²) in [5.74, 6) is 1.17. The first-order chi connectivity index (χ1) is 16.6. The third-order valence-electron chi connectivity index (χ3n) is 6.13. The van der Waals surface area contributed by atoms with Crippen LogP contribution in [0.4, 0.5) is 5.69 Å². The van der Waals surface area contributed by atoms with Crippen molar-refractivity contribution in [1.29, 1.82) is 0 Å². The van der Waals surface area contributed by atoms with Crippen molar-refractivity contribution in [2.45, 2.75) is 33.4 Å². The first-order valence-electron chi connectivity index (χ1n) is 11.5. The molecule has 0 fully saturated rings. The van der Waals surface area contributed by atoms with E-state index in [0.29, 0.717) is 36.0 Å². The van der Waals surface area contributed by atoms with Crippen molar-refractivity contribution in [2.24, 2.45) is 0 Å². The zero-order valence-corrected chi connectivity index (χ0v) is 21.2. The Kier molecular flexibility index (Phi) is 7.03. The molecule has 0 spiro atoms. The Morgan fingerprint density at radius 3 is 2.29 bits per heavy atom. The van der Waals surface area contributed by atoms with Gasteiger partial charge in [-0.1, -0.05) is 24.3 Å². The lowest BCUT2D eigenvalue weighted by molar-refractivity contribution is 0.0939. The second-order valence-electron chi connectivity index (χ2n) is 8.83. The maximum Gasteiger partial charge on any atom is 0.251 e. The summed E-state index contributed by atoms with van der Waals surface area (Å²) in [5.41, 5.74) is 4.93. The molecular weight excluding hydrogens is 464 g/mol. The highest BCUT2D eigenvalue weighted by molar-refractivity contribution is 7.92. The molecule has 3 aromatic carbocycles. The summed E-state index contributed by atoms with van der Waals surface area (Å²) < 4.78 is 37.6. The fourth-order valence-corrected chi connectivity index (χ4v) is 4.78. The van der Waals surface area contributed by atoms with Crippen LogP contribution in [0, 0.1) is 13.8 Å². The van der Waals surface area contributed by atoms with Gasteiger partial charge in [-0.2, -0.15) is 0 Å². The number of nitrogens with zero attached hydrogens (tertiary/aromatic N) is 1. The molecule has 1 atom stereocenters. The summed E-state index contributed by atoms with van der Waals surface area (Å²) in [5, 5.41) is 3.00. The minimum absolute atomic E-state index is 0.177. The predicted octanol–water partition coefficient (Wildman–Crippen LogP) is 4.53. The van der Waals surface area contributed by atoms with Crippen LogP contribution in [0.15, 0.2) is 60.7 Å². The number of amides is 1. The second kappa shape index (κ2) is 10.00. The summed E-state index contributed by atoms with van der Waals surface area (Å²) in [7, 11) is -3.49. The quantitative estimate of drug-likeness (QED) is 0.522. The van der Waals surface area contributed by atoms with Gasteiger partial charge >= 0.3 is 0 Å². The number of aryl methyl sites for hydroxylation is 2. The zero-order chi connectivity index (χ0) is 25.2. The molecule has 1 unspecified atom stereocenters. The van der Waals surface area contributed by atoms with Gasteiger partial charge in [-0.3, -0.25) is 9.10 Å². The minimum atomic E-state index is -3.49. The molecule has 0 radical (unpaired) electrons. The minimum Gasteiger partial charge on any atom is -0.486 e. The van der Waals surface area contributed by atoms with Gasteiger partial charge in [-0.15, -0.1) is 0 Å². The Labute approximate surface area is 206 Å². The van der Waals surface area contributed by atoms with Gasteiger partial charge in [0.25, 0.3) is 5.91 Å². The van der Waals surface area contributed by atoms with Gasteiger partial charge in [-0.25, -0.2) is 8.42 Å². The summed E-state index contributed by atoms with van der Waals surface area (Å²) in [6, 6.07) is 18.0. The first kappa shape index (κ1) is 24.6. The van der Waals surface area contributed by atoms with Gasteiger partial charge in [0.2, 0.25) is 10.0 Å². The predicted molar refractivity (Wildman–Crippen MR) is 137 cm³/mol. The van der Waals surface area contributed by atoms with Gasteiger partial charge < -0.3 is 14.8 Å². The molecule has 184 valence electrons. The lowest BCUT2D eigenvalue weighted by atomic mass is 10.1. The molecule has 3 aromatic rings. The van der Waals surface area contributed by atoms with Crippen LogP contribution in [0.25, 0.3) is 0 Å². The van der Waals surface area contributed by atoms with Crippen molar-refractivity contribution in [3.63, 3.8) is 0 Å². The maximum absolute atomic E-state index is 12.8. The number of sulfonamides is 1. The van der Waals surface area contributed by atoms with E-state index < -0.39 is 10.0 Å². The number of anilines is 1. The average Bonchev–Trinajstić information content (AvgIpc) is 2.83. The number of carbonyl (C=O) groups excluding carboxylic acids is 1. The Hall–Kier alpha value is -3.52. The van der Waals surface area contributed by atoms with Crippen LogP contribution < -0.4 is 19.1 Å². The third kappa shape index (κ3) is 5.77. The summed E-state index contributed by atoms with van der Waals surface area (Å²) in [6.07, 6.45) is 1.20. The monoisotopic (exact) mass is 494 g/mol. The molecular formula is C27H30N2O5S. The van der Waals surface area contributed by atoms with Crippen molar-refractivity contribution in [2.75, 3.05) is 23.8 Å². The molecule has 0 saturated heterocycles.